The molecule has 25 heavy (non-hydrogen) atoms. The van der Waals surface area contributed by atoms with Crippen LogP contribution in [0, 0.1) is 0 Å². The maximum atomic E-state index is 12.3. The molecular formula is C18H25N5O2. The Morgan fingerprint density at radius 3 is 2.64 bits per heavy atom. The van der Waals surface area contributed by atoms with E-state index >= 15 is 0 Å². The van der Waals surface area contributed by atoms with Crippen molar-refractivity contribution in [3.63, 3.8) is 0 Å². The van der Waals surface area contributed by atoms with Crippen LogP contribution in [0.5, 0.6) is 5.75 Å². The number of piperazine rings is 1. The second-order valence-electron chi connectivity index (χ2n) is 6.17. The molecule has 1 N–H and O–H groups in total. The third kappa shape index (κ3) is 5.04. The second-order valence-corrected chi connectivity index (χ2v) is 6.17. The van der Waals surface area contributed by atoms with Gasteiger partial charge in [0.1, 0.15) is 5.75 Å². The highest BCUT2D eigenvalue weighted by Gasteiger charge is 2.19. The molecule has 1 amide bonds. The summed E-state index contributed by atoms with van der Waals surface area (Å²) in [5.74, 6) is 0.677. The first-order valence-corrected chi connectivity index (χ1v) is 8.58. The van der Waals surface area contributed by atoms with Crippen LogP contribution < -0.4 is 10.1 Å². The molecule has 2 aromatic rings. The highest BCUT2D eigenvalue weighted by molar-refractivity contribution is 5.93. The van der Waals surface area contributed by atoms with Gasteiger partial charge in [0.05, 0.1) is 25.7 Å². The summed E-state index contributed by atoms with van der Waals surface area (Å²) in [6, 6.07) is 7.47. The lowest BCUT2D eigenvalue weighted by Crippen LogP contribution is -2.49. The Morgan fingerprint density at radius 1 is 1.16 bits per heavy atom. The zero-order chi connectivity index (χ0) is 17.5. The van der Waals surface area contributed by atoms with Gasteiger partial charge in [-0.05, 0) is 12.1 Å². The number of anilines is 1. The number of rotatable bonds is 7. The Labute approximate surface area is 148 Å². The number of amides is 1. The standard InChI is InChI=1S/C18H25N5O2/c1-25-17-5-3-2-4-16(17)20-18(24)14-22-11-8-21(9-12-22)10-13-23-7-6-19-15-23/h2-7,15H,8-14H2,1H3,(H,20,24). The van der Waals surface area contributed by atoms with E-state index in [0.29, 0.717) is 18.0 Å². The molecule has 0 bridgehead atoms. The quantitative estimate of drug-likeness (QED) is 0.817. The molecule has 3 rings (SSSR count). The number of carbonyl (C=O) groups is 1. The number of benzene rings is 1. The first kappa shape index (κ1) is 17.4. The van der Waals surface area contributed by atoms with Gasteiger partial charge in [0, 0.05) is 51.7 Å². The molecule has 0 aliphatic carbocycles. The third-order valence-corrected chi connectivity index (χ3v) is 4.45. The van der Waals surface area contributed by atoms with Crippen molar-refractivity contribution in [2.45, 2.75) is 6.54 Å². The molecule has 0 saturated carbocycles. The van der Waals surface area contributed by atoms with Gasteiger partial charge in [0.15, 0.2) is 0 Å². The number of para-hydroxylation sites is 2. The van der Waals surface area contributed by atoms with E-state index in [0.717, 1.165) is 39.3 Å². The smallest absolute Gasteiger partial charge is 0.238 e. The number of carbonyl (C=O) groups excluding carboxylic acids is 1. The molecule has 0 radical (unpaired) electrons. The number of nitrogens with zero attached hydrogens (tertiary/aromatic N) is 4. The number of ether oxygens (including phenoxy) is 1. The molecule has 0 unspecified atom stereocenters. The Morgan fingerprint density at radius 2 is 1.92 bits per heavy atom. The van der Waals surface area contributed by atoms with Crippen molar-refractivity contribution in [1.29, 1.82) is 0 Å². The molecule has 1 aliphatic heterocycles. The Bertz CT molecular complexity index is 666. The van der Waals surface area contributed by atoms with Crippen LogP contribution in [0.1, 0.15) is 0 Å². The van der Waals surface area contributed by atoms with E-state index in [1.165, 1.54) is 0 Å². The maximum absolute atomic E-state index is 12.3. The van der Waals surface area contributed by atoms with Gasteiger partial charge in [-0.2, -0.15) is 0 Å². The molecule has 1 fully saturated rings. The van der Waals surface area contributed by atoms with Crippen LogP contribution in [-0.4, -0.2) is 71.6 Å². The maximum Gasteiger partial charge on any atom is 0.238 e. The first-order valence-electron chi connectivity index (χ1n) is 8.58. The van der Waals surface area contributed by atoms with Crippen molar-refractivity contribution in [3.8, 4) is 5.75 Å². The summed E-state index contributed by atoms with van der Waals surface area (Å²) in [6.07, 6.45) is 5.63. The number of hydrogen-bond donors (Lipinski definition) is 1. The lowest BCUT2D eigenvalue weighted by Gasteiger charge is -2.34. The molecule has 134 valence electrons. The second kappa shape index (κ2) is 8.64. The summed E-state index contributed by atoms with van der Waals surface area (Å²) in [6.45, 7) is 6.15. The predicted molar refractivity (Wildman–Crippen MR) is 96.7 cm³/mol. The van der Waals surface area contributed by atoms with Gasteiger partial charge in [-0.15, -0.1) is 0 Å². The number of aromatic nitrogens is 2. The van der Waals surface area contributed by atoms with Crippen LogP contribution in [-0.2, 0) is 11.3 Å². The van der Waals surface area contributed by atoms with E-state index in [1.54, 1.807) is 13.3 Å². The molecule has 1 saturated heterocycles. The molecular weight excluding hydrogens is 318 g/mol. The van der Waals surface area contributed by atoms with Crippen molar-refractivity contribution in [2.24, 2.45) is 0 Å². The summed E-state index contributed by atoms with van der Waals surface area (Å²) < 4.78 is 7.36. The van der Waals surface area contributed by atoms with Crippen LogP contribution >= 0.6 is 0 Å². The molecule has 0 atom stereocenters. The molecule has 2 heterocycles. The van der Waals surface area contributed by atoms with Crippen molar-refractivity contribution in [2.75, 3.05) is 51.7 Å². The zero-order valence-electron chi connectivity index (χ0n) is 14.6. The summed E-state index contributed by atoms with van der Waals surface area (Å²) in [7, 11) is 1.61. The van der Waals surface area contributed by atoms with Crippen LogP contribution in [0.2, 0.25) is 0 Å². The van der Waals surface area contributed by atoms with Crippen molar-refractivity contribution in [3.05, 3.63) is 43.0 Å². The minimum absolute atomic E-state index is 0.00337. The van der Waals surface area contributed by atoms with E-state index in [9.17, 15) is 4.79 Å². The fourth-order valence-corrected chi connectivity index (χ4v) is 2.99. The number of hydrogen-bond acceptors (Lipinski definition) is 5. The van der Waals surface area contributed by atoms with E-state index in [1.807, 2.05) is 36.8 Å². The van der Waals surface area contributed by atoms with Crippen LogP contribution in [0.25, 0.3) is 0 Å². The molecule has 7 nitrogen and oxygen atoms in total. The monoisotopic (exact) mass is 343 g/mol. The lowest BCUT2D eigenvalue weighted by molar-refractivity contribution is -0.117. The van der Waals surface area contributed by atoms with Gasteiger partial charge in [-0.25, -0.2) is 4.98 Å². The van der Waals surface area contributed by atoms with Gasteiger partial charge >= 0.3 is 0 Å². The van der Waals surface area contributed by atoms with E-state index < -0.39 is 0 Å². The molecule has 1 aliphatic rings. The van der Waals surface area contributed by atoms with E-state index in [-0.39, 0.29) is 5.91 Å². The highest BCUT2D eigenvalue weighted by atomic mass is 16.5. The molecule has 1 aromatic heterocycles. The van der Waals surface area contributed by atoms with Crippen LogP contribution in [0.3, 0.4) is 0 Å². The number of methoxy groups -OCH3 is 1. The van der Waals surface area contributed by atoms with Crippen LogP contribution in [0.15, 0.2) is 43.0 Å². The van der Waals surface area contributed by atoms with Gasteiger partial charge < -0.3 is 14.6 Å². The van der Waals surface area contributed by atoms with Crippen molar-refractivity contribution >= 4 is 11.6 Å². The fraction of sp³-hybridized carbons (Fsp3) is 0.444. The SMILES string of the molecule is COc1ccccc1NC(=O)CN1CCN(CCn2ccnc2)CC1. The zero-order valence-corrected chi connectivity index (χ0v) is 14.6. The van der Waals surface area contributed by atoms with Gasteiger partial charge in [-0.3, -0.25) is 14.6 Å². The number of imidazole rings is 1. The molecule has 1 aromatic carbocycles. The van der Waals surface area contributed by atoms with Gasteiger partial charge in [-0.1, -0.05) is 12.1 Å². The first-order chi connectivity index (χ1) is 12.2. The third-order valence-electron chi connectivity index (χ3n) is 4.45. The van der Waals surface area contributed by atoms with Gasteiger partial charge in [0.2, 0.25) is 5.91 Å². The van der Waals surface area contributed by atoms with Crippen molar-refractivity contribution < 1.29 is 9.53 Å². The minimum Gasteiger partial charge on any atom is -0.495 e. The topological polar surface area (TPSA) is 62.6 Å². The Balaban J connectivity index is 1.40. The van der Waals surface area contributed by atoms with E-state index in [4.69, 9.17) is 4.74 Å². The lowest BCUT2D eigenvalue weighted by atomic mass is 10.2. The van der Waals surface area contributed by atoms with Crippen molar-refractivity contribution in [1.82, 2.24) is 19.4 Å². The molecule has 7 heteroatoms. The highest BCUT2D eigenvalue weighted by Crippen LogP contribution is 2.22. The predicted octanol–water partition coefficient (Wildman–Crippen LogP) is 1.15. The Hall–Kier alpha value is -2.38. The summed E-state index contributed by atoms with van der Waals surface area (Å²) in [5, 5.41) is 2.93. The van der Waals surface area contributed by atoms with Crippen LogP contribution in [0.4, 0.5) is 5.69 Å². The average Bonchev–Trinajstić information content (AvgIpc) is 3.15. The minimum atomic E-state index is -0.00337. The summed E-state index contributed by atoms with van der Waals surface area (Å²) >= 11 is 0. The Kier molecular flexibility index (Phi) is 6.03. The summed E-state index contributed by atoms with van der Waals surface area (Å²) in [4.78, 5) is 21.0. The van der Waals surface area contributed by atoms with Gasteiger partial charge in [0.25, 0.3) is 0 Å². The fourth-order valence-electron chi connectivity index (χ4n) is 2.99. The van der Waals surface area contributed by atoms with E-state index in [2.05, 4.69) is 24.7 Å². The normalized spacial score (nSPS) is 15.9. The molecule has 0 spiro atoms. The summed E-state index contributed by atoms with van der Waals surface area (Å²) in [5.41, 5.74) is 0.717. The number of nitrogens with one attached hydrogen (secondary N) is 1. The largest absolute Gasteiger partial charge is 0.495 e. The average molecular weight is 343 g/mol.